The summed E-state index contributed by atoms with van der Waals surface area (Å²) in [5.74, 6) is 2.09. The van der Waals surface area contributed by atoms with E-state index in [4.69, 9.17) is 0 Å². The highest BCUT2D eigenvalue weighted by molar-refractivity contribution is 5.76. The summed E-state index contributed by atoms with van der Waals surface area (Å²) in [6, 6.07) is 0. The van der Waals surface area contributed by atoms with Gasteiger partial charge in [-0.1, -0.05) is 60.3 Å². The molecule has 17 heavy (non-hydrogen) atoms. The fourth-order valence-electron chi connectivity index (χ4n) is 1.85. The van der Waals surface area contributed by atoms with E-state index in [0.717, 1.165) is 12.5 Å². The first-order valence-electron chi connectivity index (χ1n) is 7.18. The van der Waals surface area contributed by atoms with Crippen molar-refractivity contribution in [1.82, 2.24) is 5.32 Å². The largest absolute Gasteiger partial charge is 0.356 e. The summed E-state index contributed by atoms with van der Waals surface area (Å²) >= 11 is 0. The van der Waals surface area contributed by atoms with Crippen LogP contribution in [0.25, 0.3) is 0 Å². The zero-order valence-electron chi connectivity index (χ0n) is 12.4. The maximum atomic E-state index is 11.6. The Morgan fingerprint density at radius 2 is 1.53 bits per heavy atom. The highest BCUT2D eigenvalue weighted by Crippen LogP contribution is 2.15. The van der Waals surface area contributed by atoms with Gasteiger partial charge in [0.25, 0.3) is 0 Å². The van der Waals surface area contributed by atoms with Crippen molar-refractivity contribution in [3.05, 3.63) is 0 Å². The molecule has 2 nitrogen and oxygen atoms in total. The zero-order valence-corrected chi connectivity index (χ0v) is 12.4. The molecule has 0 fully saturated rings. The molecule has 0 radical (unpaired) electrons. The molecule has 0 unspecified atom stereocenters. The molecule has 0 aromatic carbocycles. The molecule has 2 heteroatoms. The standard InChI is InChI=1S/C15H31NO/c1-12(2)8-6-7-9-14(5)10-15(17)16-11-13(3)4/h12-14H,6-11H2,1-5H3,(H,16,17)/t14-/m0/s1. The third kappa shape index (κ3) is 11.7. The molecule has 0 heterocycles. The van der Waals surface area contributed by atoms with E-state index in [2.05, 4.69) is 39.9 Å². The molecule has 0 bridgehead atoms. The second-order valence-electron chi connectivity index (χ2n) is 6.19. The first kappa shape index (κ1) is 16.5. The monoisotopic (exact) mass is 241 g/mol. The van der Waals surface area contributed by atoms with Crippen molar-refractivity contribution in [3.8, 4) is 0 Å². The number of hydrogen-bond acceptors (Lipinski definition) is 1. The van der Waals surface area contributed by atoms with Crippen molar-refractivity contribution in [3.63, 3.8) is 0 Å². The van der Waals surface area contributed by atoms with Gasteiger partial charge in [0.15, 0.2) is 0 Å². The minimum Gasteiger partial charge on any atom is -0.356 e. The van der Waals surface area contributed by atoms with Crippen molar-refractivity contribution in [1.29, 1.82) is 0 Å². The third-order valence-corrected chi connectivity index (χ3v) is 2.97. The zero-order chi connectivity index (χ0) is 13.3. The smallest absolute Gasteiger partial charge is 0.220 e. The predicted molar refractivity (Wildman–Crippen MR) is 74.9 cm³/mol. The van der Waals surface area contributed by atoms with Crippen LogP contribution in [0.3, 0.4) is 0 Å². The summed E-state index contributed by atoms with van der Waals surface area (Å²) in [4.78, 5) is 11.6. The van der Waals surface area contributed by atoms with Crippen LogP contribution in [0, 0.1) is 17.8 Å². The van der Waals surface area contributed by atoms with Gasteiger partial charge in [0.2, 0.25) is 5.91 Å². The summed E-state index contributed by atoms with van der Waals surface area (Å²) in [6.45, 7) is 11.8. The van der Waals surface area contributed by atoms with Crippen molar-refractivity contribution >= 4 is 5.91 Å². The Bertz CT molecular complexity index is 199. The predicted octanol–water partition coefficient (Wildman–Crippen LogP) is 4.00. The van der Waals surface area contributed by atoms with Crippen LogP contribution in [0.4, 0.5) is 0 Å². The Labute approximate surface area is 108 Å². The molecule has 0 aliphatic carbocycles. The second kappa shape index (κ2) is 9.49. The number of hydrogen-bond donors (Lipinski definition) is 1. The van der Waals surface area contributed by atoms with E-state index in [0.29, 0.717) is 18.3 Å². The minimum absolute atomic E-state index is 0.218. The maximum Gasteiger partial charge on any atom is 0.220 e. The van der Waals surface area contributed by atoms with Gasteiger partial charge in [-0.15, -0.1) is 0 Å². The molecule has 0 saturated carbocycles. The van der Waals surface area contributed by atoms with Gasteiger partial charge in [-0.25, -0.2) is 0 Å². The van der Waals surface area contributed by atoms with E-state index in [-0.39, 0.29) is 5.91 Å². The quantitative estimate of drug-likeness (QED) is 0.607. The third-order valence-electron chi connectivity index (χ3n) is 2.97. The Hall–Kier alpha value is -0.530. The van der Waals surface area contributed by atoms with E-state index < -0.39 is 0 Å². The number of unbranched alkanes of at least 4 members (excludes halogenated alkanes) is 1. The molecular formula is C15H31NO. The number of carbonyl (C=O) groups is 1. The summed E-state index contributed by atoms with van der Waals surface area (Å²) < 4.78 is 0. The van der Waals surface area contributed by atoms with Gasteiger partial charge in [0.1, 0.15) is 0 Å². The van der Waals surface area contributed by atoms with Crippen LogP contribution in [-0.2, 0) is 4.79 Å². The fraction of sp³-hybridized carbons (Fsp3) is 0.933. The summed E-state index contributed by atoms with van der Waals surface area (Å²) in [5.41, 5.74) is 0. The van der Waals surface area contributed by atoms with Gasteiger partial charge < -0.3 is 5.32 Å². The molecule has 0 saturated heterocycles. The Balaban J connectivity index is 3.50. The molecule has 1 atom stereocenters. The Morgan fingerprint density at radius 1 is 0.941 bits per heavy atom. The van der Waals surface area contributed by atoms with Gasteiger partial charge in [-0.05, 0) is 17.8 Å². The van der Waals surface area contributed by atoms with E-state index >= 15 is 0 Å². The van der Waals surface area contributed by atoms with Crippen molar-refractivity contribution in [2.75, 3.05) is 6.54 Å². The molecule has 0 aromatic heterocycles. The van der Waals surface area contributed by atoms with Crippen LogP contribution in [0.5, 0.6) is 0 Å². The van der Waals surface area contributed by atoms with Crippen molar-refractivity contribution in [2.24, 2.45) is 17.8 Å². The van der Waals surface area contributed by atoms with Crippen LogP contribution >= 0.6 is 0 Å². The average Bonchev–Trinajstić information content (AvgIpc) is 2.21. The van der Waals surface area contributed by atoms with Gasteiger partial charge in [-0.3, -0.25) is 4.79 Å². The van der Waals surface area contributed by atoms with Crippen LogP contribution in [-0.4, -0.2) is 12.5 Å². The van der Waals surface area contributed by atoms with Gasteiger partial charge >= 0.3 is 0 Å². The Morgan fingerprint density at radius 3 is 2.06 bits per heavy atom. The molecule has 0 aliphatic rings. The molecule has 0 aliphatic heterocycles. The summed E-state index contributed by atoms with van der Waals surface area (Å²) in [6.07, 6.45) is 5.74. The van der Waals surface area contributed by atoms with Crippen molar-refractivity contribution in [2.45, 2.75) is 66.7 Å². The lowest BCUT2D eigenvalue weighted by molar-refractivity contribution is -0.122. The molecule has 0 rings (SSSR count). The SMILES string of the molecule is CC(C)CCCC[C@H](C)CC(=O)NCC(C)C. The fourth-order valence-corrected chi connectivity index (χ4v) is 1.85. The van der Waals surface area contributed by atoms with Crippen LogP contribution in [0.2, 0.25) is 0 Å². The van der Waals surface area contributed by atoms with E-state index in [1.54, 1.807) is 0 Å². The van der Waals surface area contributed by atoms with Gasteiger partial charge in [-0.2, -0.15) is 0 Å². The van der Waals surface area contributed by atoms with E-state index in [1.807, 2.05) is 0 Å². The van der Waals surface area contributed by atoms with Crippen molar-refractivity contribution < 1.29 is 4.79 Å². The topological polar surface area (TPSA) is 29.1 Å². The minimum atomic E-state index is 0.218. The first-order valence-corrected chi connectivity index (χ1v) is 7.18. The normalized spacial score (nSPS) is 13.1. The molecule has 102 valence electrons. The summed E-state index contributed by atoms with van der Waals surface area (Å²) in [7, 11) is 0. The van der Waals surface area contributed by atoms with Gasteiger partial charge in [0, 0.05) is 13.0 Å². The second-order valence-corrected chi connectivity index (χ2v) is 6.19. The highest BCUT2D eigenvalue weighted by atomic mass is 16.1. The van der Waals surface area contributed by atoms with E-state index in [9.17, 15) is 4.79 Å². The number of carbonyl (C=O) groups excluding carboxylic acids is 1. The van der Waals surface area contributed by atoms with Crippen LogP contribution < -0.4 is 5.32 Å². The molecule has 1 amide bonds. The maximum absolute atomic E-state index is 11.6. The van der Waals surface area contributed by atoms with Crippen LogP contribution in [0.15, 0.2) is 0 Å². The number of rotatable bonds is 9. The molecule has 1 N–H and O–H groups in total. The van der Waals surface area contributed by atoms with Crippen LogP contribution in [0.1, 0.15) is 66.7 Å². The van der Waals surface area contributed by atoms with Gasteiger partial charge in [0.05, 0.1) is 0 Å². The first-order chi connectivity index (χ1) is 7.91. The number of amides is 1. The molecular weight excluding hydrogens is 210 g/mol. The summed E-state index contributed by atoms with van der Waals surface area (Å²) in [5, 5.41) is 2.98. The lowest BCUT2D eigenvalue weighted by Crippen LogP contribution is -2.28. The lowest BCUT2D eigenvalue weighted by atomic mass is 9.97. The number of nitrogens with one attached hydrogen (secondary N) is 1. The lowest BCUT2D eigenvalue weighted by Gasteiger charge is -2.13. The van der Waals surface area contributed by atoms with E-state index in [1.165, 1.54) is 25.7 Å². The molecule has 0 spiro atoms. The molecule has 0 aromatic rings. The Kier molecular flexibility index (Phi) is 9.20. The highest BCUT2D eigenvalue weighted by Gasteiger charge is 2.09. The average molecular weight is 241 g/mol.